The summed E-state index contributed by atoms with van der Waals surface area (Å²) in [5, 5.41) is 4.17. The van der Waals surface area contributed by atoms with E-state index in [1.54, 1.807) is 30.2 Å². The number of hydrogen-bond acceptors (Lipinski definition) is 5. The van der Waals surface area contributed by atoms with Gasteiger partial charge < -0.3 is 10.6 Å². The molecule has 0 spiro atoms. The summed E-state index contributed by atoms with van der Waals surface area (Å²) in [4.78, 5) is 22.4. The van der Waals surface area contributed by atoms with Crippen molar-refractivity contribution < 1.29 is 4.79 Å². The van der Waals surface area contributed by atoms with Crippen LogP contribution in [0.4, 0.5) is 5.95 Å². The summed E-state index contributed by atoms with van der Waals surface area (Å²) >= 11 is 0. The largest absolute Gasteiger partial charge is 0.368 e. The van der Waals surface area contributed by atoms with Crippen LogP contribution in [0.2, 0.25) is 0 Å². The second-order valence-electron chi connectivity index (χ2n) is 4.87. The zero-order valence-corrected chi connectivity index (χ0v) is 11.2. The van der Waals surface area contributed by atoms with Gasteiger partial charge in [-0.2, -0.15) is 5.10 Å². The van der Waals surface area contributed by atoms with Crippen LogP contribution in [0.3, 0.4) is 0 Å². The number of rotatable bonds is 2. The third-order valence-corrected chi connectivity index (χ3v) is 3.48. The van der Waals surface area contributed by atoms with Crippen molar-refractivity contribution in [1.29, 1.82) is 0 Å². The molecule has 0 saturated carbocycles. The molecule has 20 heavy (non-hydrogen) atoms. The molecule has 3 heterocycles. The van der Waals surface area contributed by atoms with Crippen LogP contribution in [-0.2, 0) is 7.05 Å². The van der Waals surface area contributed by atoms with Gasteiger partial charge in [-0.15, -0.1) is 0 Å². The Bertz CT molecular complexity index is 637. The molecular weight excluding hydrogens is 256 g/mol. The van der Waals surface area contributed by atoms with Crippen molar-refractivity contribution in [3.63, 3.8) is 0 Å². The van der Waals surface area contributed by atoms with Crippen LogP contribution in [0.15, 0.2) is 24.5 Å². The average Bonchev–Trinajstić information content (AvgIpc) is 3.06. The zero-order valence-electron chi connectivity index (χ0n) is 11.2. The SMILES string of the molecule is Cn1ccc(C(=O)N2CCCC2c2ccnc(N)n2)n1. The van der Waals surface area contributed by atoms with Crippen LogP contribution < -0.4 is 5.73 Å². The fourth-order valence-electron chi connectivity index (χ4n) is 2.57. The van der Waals surface area contributed by atoms with E-state index in [4.69, 9.17) is 5.73 Å². The molecule has 7 heteroatoms. The van der Waals surface area contributed by atoms with E-state index < -0.39 is 0 Å². The Morgan fingerprint density at radius 3 is 3.00 bits per heavy atom. The van der Waals surface area contributed by atoms with E-state index in [-0.39, 0.29) is 17.9 Å². The molecule has 0 aromatic carbocycles. The molecule has 0 radical (unpaired) electrons. The first kappa shape index (κ1) is 12.6. The van der Waals surface area contributed by atoms with E-state index >= 15 is 0 Å². The van der Waals surface area contributed by atoms with Gasteiger partial charge in [-0.1, -0.05) is 0 Å². The van der Waals surface area contributed by atoms with Gasteiger partial charge in [0.25, 0.3) is 5.91 Å². The molecule has 1 saturated heterocycles. The fraction of sp³-hybridized carbons (Fsp3) is 0.385. The number of likely N-dealkylation sites (tertiary alicyclic amines) is 1. The van der Waals surface area contributed by atoms with Crippen molar-refractivity contribution in [1.82, 2.24) is 24.6 Å². The highest BCUT2D eigenvalue weighted by Gasteiger charge is 2.32. The molecule has 1 unspecified atom stereocenters. The van der Waals surface area contributed by atoms with Gasteiger partial charge in [0.05, 0.1) is 11.7 Å². The van der Waals surface area contributed by atoms with Crippen LogP contribution in [0.25, 0.3) is 0 Å². The Hall–Kier alpha value is -2.44. The van der Waals surface area contributed by atoms with Gasteiger partial charge in [0.2, 0.25) is 5.95 Å². The maximum absolute atomic E-state index is 12.5. The second-order valence-corrected chi connectivity index (χ2v) is 4.87. The molecule has 1 aliphatic heterocycles. The van der Waals surface area contributed by atoms with E-state index in [0.29, 0.717) is 12.2 Å². The lowest BCUT2D eigenvalue weighted by atomic mass is 10.1. The quantitative estimate of drug-likeness (QED) is 0.872. The smallest absolute Gasteiger partial charge is 0.274 e. The van der Waals surface area contributed by atoms with Crippen LogP contribution in [0, 0.1) is 0 Å². The molecule has 2 aromatic heterocycles. The molecule has 1 atom stereocenters. The standard InChI is InChI=1S/C13H16N6O/c1-18-8-5-10(17-18)12(20)19-7-2-3-11(19)9-4-6-15-13(14)16-9/h4-6,8,11H,2-3,7H2,1H3,(H2,14,15,16). The van der Waals surface area contributed by atoms with Crippen molar-refractivity contribution in [3.05, 3.63) is 35.9 Å². The third kappa shape index (κ3) is 2.22. The zero-order chi connectivity index (χ0) is 14.1. The molecule has 1 fully saturated rings. The molecule has 3 rings (SSSR count). The number of hydrogen-bond donors (Lipinski definition) is 1. The van der Waals surface area contributed by atoms with E-state index in [0.717, 1.165) is 18.5 Å². The second kappa shape index (κ2) is 4.92. The van der Waals surface area contributed by atoms with Crippen LogP contribution in [0.5, 0.6) is 0 Å². The van der Waals surface area contributed by atoms with E-state index in [2.05, 4.69) is 15.1 Å². The minimum absolute atomic E-state index is 0.0465. The number of aryl methyl sites for hydroxylation is 1. The summed E-state index contributed by atoms with van der Waals surface area (Å²) in [5.41, 5.74) is 6.87. The molecule has 1 aliphatic rings. The van der Waals surface area contributed by atoms with Crippen LogP contribution in [0.1, 0.15) is 35.1 Å². The lowest BCUT2D eigenvalue weighted by molar-refractivity contribution is 0.0726. The minimum Gasteiger partial charge on any atom is -0.368 e. The first-order valence-electron chi connectivity index (χ1n) is 6.54. The van der Waals surface area contributed by atoms with Crippen molar-refractivity contribution in [2.45, 2.75) is 18.9 Å². The Morgan fingerprint density at radius 1 is 1.45 bits per heavy atom. The van der Waals surface area contributed by atoms with Crippen molar-refractivity contribution in [3.8, 4) is 0 Å². The monoisotopic (exact) mass is 272 g/mol. The lowest BCUT2D eigenvalue weighted by Gasteiger charge is -2.23. The first-order valence-corrected chi connectivity index (χ1v) is 6.54. The minimum atomic E-state index is -0.0646. The number of nitrogen functional groups attached to an aromatic ring is 1. The van der Waals surface area contributed by atoms with E-state index in [9.17, 15) is 4.79 Å². The molecule has 2 N–H and O–H groups in total. The molecule has 0 bridgehead atoms. The lowest BCUT2D eigenvalue weighted by Crippen LogP contribution is -2.31. The Kier molecular flexibility index (Phi) is 3.09. The Labute approximate surface area is 116 Å². The fourth-order valence-corrected chi connectivity index (χ4v) is 2.57. The highest BCUT2D eigenvalue weighted by atomic mass is 16.2. The van der Waals surface area contributed by atoms with Gasteiger partial charge in [-0.25, -0.2) is 9.97 Å². The molecule has 104 valence electrons. The topological polar surface area (TPSA) is 89.9 Å². The first-order chi connectivity index (χ1) is 9.65. The summed E-state index contributed by atoms with van der Waals surface area (Å²) in [6, 6.07) is 3.49. The van der Waals surface area contributed by atoms with Gasteiger partial charge in [-0.05, 0) is 25.0 Å². The molecule has 1 amide bonds. The molecular formula is C13H16N6O. The maximum Gasteiger partial charge on any atom is 0.274 e. The highest BCUT2D eigenvalue weighted by molar-refractivity contribution is 5.92. The molecule has 2 aromatic rings. The van der Waals surface area contributed by atoms with E-state index in [1.807, 2.05) is 11.0 Å². The van der Waals surface area contributed by atoms with Crippen molar-refractivity contribution >= 4 is 11.9 Å². The average molecular weight is 272 g/mol. The number of carbonyl (C=O) groups excluding carboxylic acids is 1. The predicted molar refractivity (Wildman–Crippen MR) is 72.7 cm³/mol. The van der Waals surface area contributed by atoms with Crippen LogP contribution >= 0.6 is 0 Å². The van der Waals surface area contributed by atoms with Crippen molar-refractivity contribution in [2.24, 2.45) is 7.05 Å². The number of amides is 1. The maximum atomic E-state index is 12.5. The summed E-state index contributed by atoms with van der Waals surface area (Å²) in [6.07, 6.45) is 5.22. The Morgan fingerprint density at radius 2 is 2.30 bits per heavy atom. The summed E-state index contributed by atoms with van der Waals surface area (Å²) in [5.74, 6) is 0.171. The molecule has 7 nitrogen and oxygen atoms in total. The third-order valence-electron chi connectivity index (χ3n) is 3.48. The van der Waals surface area contributed by atoms with Gasteiger partial charge in [-0.3, -0.25) is 9.48 Å². The van der Waals surface area contributed by atoms with Gasteiger partial charge in [0.1, 0.15) is 5.69 Å². The number of nitrogens with two attached hydrogens (primary N) is 1. The number of nitrogens with zero attached hydrogens (tertiary/aromatic N) is 5. The number of carbonyl (C=O) groups is 1. The van der Waals surface area contributed by atoms with Crippen LogP contribution in [-0.4, -0.2) is 37.1 Å². The Balaban J connectivity index is 1.87. The van der Waals surface area contributed by atoms with Crippen molar-refractivity contribution in [2.75, 3.05) is 12.3 Å². The highest BCUT2D eigenvalue weighted by Crippen LogP contribution is 2.31. The number of anilines is 1. The van der Waals surface area contributed by atoms with E-state index in [1.165, 1.54) is 0 Å². The molecule has 0 aliphatic carbocycles. The summed E-state index contributed by atoms with van der Waals surface area (Å²) in [6.45, 7) is 0.712. The summed E-state index contributed by atoms with van der Waals surface area (Å²) < 4.78 is 1.63. The predicted octanol–water partition coefficient (Wildman–Crippen LogP) is 0.770. The van der Waals surface area contributed by atoms with Gasteiger partial charge in [0.15, 0.2) is 0 Å². The number of aromatic nitrogens is 4. The normalized spacial score (nSPS) is 18.4. The van der Waals surface area contributed by atoms with Gasteiger partial charge in [0, 0.05) is 26.0 Å². The van der Waals surface area contributed by atoms with Gasteiger partial charge >= 0.3 is 0 Å². The summed E-state index contributed by atoms with van der Waals surface area (Å²) in [7, 11) is 1.80.